The average Bonchev–Trinajstić information content (AvgIpc) is 2.87. The third kappa shape index (κ3) is 33.9. The van der Waals surface area contributed by atoms with E-state index in [1.807, 2.05) is 0 Å². The predicted octanol–water partition coefficient (Wildman–Crippen LogP) is 9.91. The Balaban J connectivity index is 3.00. The fraction of sp³-hybridized carbons (Fsp3) is 1.00. The van der Waals surface area contributed by atoms with Crippen molar-refractivity contribution in [2.75, 3.05) is 26.4 Å². The van der Waals surface area contributed by atoms with Gasteiger partial charge in [-0.3, -0.25) is 0 Å². The summed E-state index contributed by atoms with van der Waals surface area (Å²) in [7, 11) is 0. The summed E-state index contributed by atoms with van der Waals surface area (Å²) in [5.74, 6) is 0. The molecule has 0 aromatic rings. The maximum Gasteiger partial charge on any atom is 0.0466 e. The molecule has 0 amide bonds. The van der Waals surface area contributed by atoms with Crippen LogP contribution >= 0.6 is 0 Å². The summed E-state index contributed by atoms with van der Waals surface area (Å²) in [6.07, 6.45) is 37.5. The van der Waals surface area contributed by atoms with Crippen LogP contribution in [0.3, 0.4) is 0 Å². The molecule has 0 rings (SSSR count). The van der Waals surface area contributed by atoms with Gasteiger partial charge in [-0.25, -0.2) is 0 Å². The molecule has 35 heavy (non-hydrogen) atoms. The Morgan fingerprint density at radius 1 is 0.229 bits per heavy atom. The van der Waals surface area contributed by atoms with Crippen LogP contribution in [0.5, 0.6) is 0 Å². The summed E-state index contributed by atoms with van der Waals surface area (Å²) >= 11 is 0. The van der Waals surface area contributed by atoms with Crippen LogP contribution in [0.2, 0.25) is 0 Å². The van der Waals surface area contributed by atoms with Gasteiger partial charge in [0, 0.05) is 26.4 Å². The molecule has 3 heteroatoms. The van der Waals surface area contributed by atoms with E-state index in [9.17, 15) is 0 Å². The van der Waals surface area contributed by atoms with Gasteiger partial charge in [-0.15, -0.1) is 0 Å². The molecular weight excluding hydrogens is 432 g/mol. The molecule has 2 N–H and O–H groups in total. The molecule has 0 aliphatic rings. The maximum absolute atomic E-state index is 8.77. The Bertz CT molecular complexity index is 316. The van der Waals surface area contributed by atoms with E-state index in [0.29, 0.717) is 13.2 Å². The van der Waals surface area contributed by atoms with Crippen LogP contribution in [-0.4, -0.2) is 36.6 Å². The van der Waals surface area contributed by atoms with Crippen molar-refractivity contribution < 1.29 is 14.9 Å². The molecule has 212 valence electrons. The summed E-state index contributed by atoms with van der Waals surface area (Å²) < 4.78 is 5.84. The van der Waals surface area contributed by atoms with Gasteiger partial charge in [-0.2, -0.15) is 0 Å². The molecular formula is C32H66O3. The van der Waals surface area contributed by atoms with Crippen LogP contribution in [0.15, 0.2) is 0 Å². The van der Waals surface area contributed by atoms with Gasteiger partial charge < -0.3 is 14.9 Å². The molecule has 0 fully saturated rings. The fourth-order valence-corrected chi connectivity index (χ4v) is 4.98. The fourth-order valence-electron chi connectivity index (χ4n) is 4.98. The molecule has 3 nitrogen and oxygen atoms in total. The number of aliphatic hydroxyl groups excluding tert-OH is 2. The molecule has 0 spiro atoms. The lowest BCUT2D eigenvalue weighted by Gasteiger charge is -2.05. The standard InChI is InChI=1S/C32H66O3/c33-29-25-21-17-13-9-5-1-3-7-11-15-19-23-27-31-35-32-28-24-20-16-12-8-4-2-6-10-14-18-22-26-30-34/h33-34H,1-32H2. The first-order chi connectivity index (χ1) is 17.4. The second-order valence-electron chi connectivity index (χ2n) is 11.0. The van der Waals surface area contributed by atoms with E-state index < -0.39 is 0 Å². The van der Waals surface area contributed by atoms with Crippen molar-refractivity contribution in [2.24, 2.45) is 0 Å². The SMILES string of the molecule is OCCCCCCCCCCCCCCCCOCCCCCCCCCCCCCCCCO. The third-order valence-corrected chi connectivity index (χ3v) is 7.39. The third-order valence-electron chi connectivity index (χ3n) is 7.39. The van der Waals surface area contributed by atoms with E-state index in [-0.39, 0.29) is 0 Å². The van der Waals surface area contributed by atoms with Crippen molar-refractivity contribution in [1.29, 1.82) is 0 Å². The van der Waals surface area contributed by atoms with Gasteiger partial charge in [-0.1, -0.05) is 154 Å². The van der Waals surface area contributed by atoms with Crippen molar-refractivity contribution >= 4 is 0 Å². The lowest BCUT2D eigenvalue weighted by Crippen LogP contribution is -1.97. The van der Waals surface area contributed by atoms with E-state index >= 15 is 0 Å². The zero-order chi connectivity index (χ0) is 25.3. The molecule has 0 aromatic carbocycles. The normalized spacial score (nSPS) is 11.5. The maximum atomic E-state index is 8.77. The van der Waals surface area contributed by atoms with Crippen molar-refractivity contribution in [1.82, 2.24) is 0 Å². The monoisotopic (exact) mass is 499 g/mol. The van der Waals surface area contributed by atoms with Crippen LogP contribution in [0, 0.1) is 0 Å². The summed E-state index contributed by atoms with van der Waals surface area (Å²) in [5.41, 5.74) is 0. The summed E-state index contributed by atoms with van der Waals surface area (Å²) in [6, 6.07) is 0. The summed E-state index contributed by atoms with van der Waals surface area (Å²) in [5, 5.41) is 17.5. The lowest BCUT2D eigenvalue weighted by atomic mass is 10.0. The van der Waals surface area contributed by atoms with Crippen molar-refractivity contribution in [3.8, 4) is 0 Å². The van der Waals surface area contributed by atoms with Gasteiger partial charge in [0.1, 0.15) is 0 Å². The highest BCUT2D eigenvalue weighted by Gasteiger charge is 1.97. The molecule has 0 heterocycles. The Morgan fingerprint density at radius 2 is 0.400 bits per heavy atom. The Hall–Kier alpha value is -0.120. The minimum atomic E-state index is 0.364. The zero-order valence-corrected chi connectivity index (χ0v) is 23.9. The van der Waals surface area contributed by atoms with E-state index in [0.717, 1.165) is 26.1 Å². The number of unbranched alkanes of at least 4 members (excludes halogenated alkanes) is 26. The molecule has 0 aliphatic carbocycles. The first-order valence-electron chi connectivity index (χ1n) is 16.2. The molecule has 0 aliphatic heterocycles. The largest absolute Gasteiger partial charge is 0.396 e. The predicted molar refractivity (Wildman–Crippen MR) is 154 cm³/mol. The number of aliphatic hydroxyl groups is 2. The number of ether oxygens (including phenoxy) is 1. The van der Waals surface area contributed by atoms with Gasteiger partial charge in [-0.05, 0) is 25.7 Å². The highest BCUT2D eigenvalue weighted by Crippen LogP contribution is 2.14. The topological polar surface area (TPSA) is 49.7 Å². The van der Waals surface area contributed by atoms with Crippen molar-refractivity contribution in [2.45, 2.75) is 180 Å². The molecule has 0 unspecified atom stereocenters. The van der Waals surface area contributed by atoms with Crippen molar-refractivity contribution in [3.05, 3.63) is 0 Å². The van der Waals surface area contributed by atoms with E-state index in [4.69, 9.17) is 14.9 Å². The van der Waals surface area contributed by atoms with Crippen LogP contribution < -0.4 is 0 Å². The van der Waals surface area contributed by atoms with Crippen LogP contribution in [0.1, 0.15) is 180 Å². The van der Waals surface area contributed by atoms with Gasteiger partial charge >= 0.3 is 0 Å². The molecule has 0 atom stereocenters. The Morgan fingerprint density at radius 3 is 0.600 bits per heavy atom. The minimum absolute atomic E-state index is 0.364. The lowest BCUT2D eigenvalue weighted by molar-refractivity contribution is 0.125. The van der Waals surface area contributed by atoms with E-state index in [1.165, 1.54) is 167 Å². The van der Waals surface area contributed by atoms with E-state index in [2.05, 4.69) is 0 Å². The Labute approximate surface area is 221 Å². The quantitative estimate of drug-likeness (QED) is 0.0907. The molecule has 0 aromatic heterocycles. The zero-order valence-electron chi connectivity index (χ0n) is 23.9. The van der Waals surface area contributed by atoms with Crippen LogP contribution in [0.4, 0.5) is 0 Å². The van der Waals surface area contributed by atoms with Crippen LogP contribution in [-0.2, 0) is 4.74 Å². The Kier molecular flexibility index (Phi) is 33.8. The second-order valence-corrected chi connectivity index (χ2v) is 11.0. The summed E-state index contributed by atoms with van der Waals surface area (Å²) in [4.78, 5) is 0. The highest BCUT2D eigenvalue weighted by molar-refractivity contribution is 4.51. The minimum Gasteiger partial charge on any atom is -0.396 e. The van der Waals surface area contributed by atoms with Gasteiger partial charge in [0.15, 0.2) is 0 Å². The highest BCUT2D eigenvalue weighted by atomic mass is 16.5. The number of rotatable bonds is 32. The molecule has 0 bridgehead atoms. The number of hydrogen-bond donors (Lipinski definition) is 2. The second kappa shape index (κ2) is 33.9. The van der Waals surface area contributed by atoms with Gasteiger partial charge in [0.25, 0.3) is 0 Å². The first-order valence-corrected chi connectivity index (χ1v) is 16.2. The summed E-state index contributed by atoms with van der Waals surface area (Å²) in [6.45, 7) is 2.67. The van der Waals surface area contributed by atoms with E-state index in [1.54, 1.807) is 0 Å². The molecule has 0 saturated carbocycles. The molecule has 0 radical (unpaired) electrons. The van der Waals surface area contributed by atoms with Gasteiger partial charge in [0.05, 0.1) is 0 Å². The molecule has 0 saturated heterocycles. The average molecular weight is 499 g/mol. The van der Waals surface area contributed by atoms with Crippen molar-refractivity contribution in [3.63, 3.8) is 0 Å². The number of hydrogen-bond acceptors (Lipinski definition) is 3. The first kappa shape index (κ1) is 34.9. The van der Waals surface area contributed by atoms with Gasteiger partial charge in [0.2, 0.25) is 0 Å². The smallest absolute Gasteiger partial charge is 0.0466 e. The van der Waals surface area contributed by atoms with Crippen LogP contribution in [0.25, 0.3) is 0 Å².